The maximum Gasteiger partial charge on any atom is 0.416 e. The van der Waals surface area contributed by atoms with E-state index >= 15 is 0 Å². The molecule has 2 aromatic carbocycles. The molecule has 5 rings (SSSR count). The number of hydrogen-bond donors (Lipinski definition) is 1. The van der Waals surface area contributed by atoms with Gasteiger partial charge in [0.15, 0.2) is 0 Å². The van der Waals surface area contributed by atoms with Crippen molar-refractivity contribution < 1.29 is 27.5 Å². The van der Waals surface area contributed by atoms with Crippen molar-refractivity contribution in [3.63, 3.8) is 0 Å². The fourth-order valence-electron chi connectivity index (χ4n) is 4.37. The summed E-state index contributed by atoms with van der Waals surface area (Å²) in [7, 11) is 0. The summed E-state index contributed by atoms with van der Waals surface area (Å²) in [5.74, 6) is 0.107. The first-order valence-corrected chi connectivity index (χ1v) is 11.8. The minimum absolute atomic E-state index is 0.0554. The Hall–Kier alpha value is -4.15. The normalized spacial score (nSPS) is 17.9. The minimum Gasteiger partial charge on any atom is -0.489 e. The summed E-state index contributed by atoms with van der Waals surface area (Å²) >= 11 is 0. The third kappa shape index (κ3) is 5.65. The van der Waals surface area contributed by atoms with E-state index in [1.807, 2.05) is 6.07 Å². The average Bonchev–Trinajstić information content (AvgIpc) is 3.32. The third-order valence-electron chi connectivity index (χ3n) is 6.50. The standard InChI is InChI=1S/C26H24F3N5O3/c27-26(28,29)19-3-1-17(2-4-19)25(36)33-12-10-23(16-33)37-22-7-5-20(6-8-22)32-24(35)18-14-34(15-18)21-9-11-30-31-13-21/h1-9,11,13,18,23H,10,12,14-16H2,(H,32,35). The molecule has 0 aliphatic carbocycles. The Kier molecular flexibility index (Phi) is 6.68. The van der Waals surface area contributed by atoms with Gasteiger partial charge >= 0.3 is 6.18 Å². The number of aromatic nitrogens is 2. The van der Waals surface area contributed by atoms with Gasteiger partial charge in [0, 0.05) is 37.3 Å². The quantitative estimate of drug-likeness (QED) is 0.541. The van der Waals surface area contributed by atoms with Gasteiger partial charge in [-0.3, -0.25) is 9.59 Å². The zero-order valence-electron chi connectivity index (χ0n) is 19.7. The van der Waals surface area contributed by atoms with Crippen LogP contribution in [-0.4, -0.2) is 59.2 Å². The number of nitrogens with one attached hydrogen (secondary N) is 1. The van der Waals surface area contributed by atoms with Crippen LogP contribution < -0.4 is 15.0 Å². The van der Waals surface area contributed by atoms with E-state index in [0.29, 0.717) is 44.0 Å². The number of carbonyl (C=O) groups excluding carboxylic acids is 2. The number of alkyl halides is 3. The van der Waals surface area contributed by atoms with Crippen molar-refractivity contribution in [2.24, 2.45) is 5.92 Å². The topological polar surface area (TPSA) is 87.7 Å². The van der Waals surface area contributed by atoms with Gasteiger partial charge in [-0.1, -0.05) is 0 Å². The Morgan fingerprint density at radius 3 is 2.32 bits per heavy atom. The number of nitrogens with zero attached hydrogens (tertiary/aromatic N) is 4. The predicted molar refractivity (Wildman–Crippen MR) is 129 cm³/mol. The SMILES string of the molecule is O=C(Nc1ccc(OC2CCN(C(=O)c3ccc(C(F)(F)F)cc3)C2)cc1)C1CN(c2ccnnc2)C1. The molecule has 1 unspecified atom stereocenters. The van der Waals surface area contributed by atoms with Crippen molar-refractivity contribution >= 4 is 23.2 Å². The van der Waals surface area contributed by atoms with Gasteiger partial charge in [0.25, 0.3) is 5.91 Å². The number of rotatable bonds is 6. The molecule has 2 aliphatic heterocycles. The highest BCUT2D eigenvalue weighted by atomic mass is 19.4. The Labute approximate surface area is 211 Å². The molecule has 192 valence electrons. The molecule has 8 nitrogen and oxygen atoms in total. The Bertz CT molecular complexity index is 1250. The van der Waals surface area contributed by atoms with E-state index in [1.54, 1.807) is 41.6 Å². The molecule has 0 radical (unpaired) electrons. The summed E-state index contributed by atoms with van der Waals surface area (Å²) in [5.41, 5.74) is 1.02. The van der Waals surface area contributed by atoms with E-state index in [9.17, 15) is 22.8 Å². The lowest BCUT2D eigenvalue weighted by Gasteiger charge is -2.39. The number of amides is 2. The third-order valence-corrected chi connectivity index (χ3v) is 6.50. The second kappa shape index (κ2) is 10.1. The summed E-state index contributed by atoms with van der Waals surface area (Å²) in [6.07, 6.45) is -0.782. The van der Waals surface area contributed by atoms with Crippen molar-refractivity contribution in [3.8, 4) is 5.75 Å². The smallest absolute Gasteiger partial charge is 0.416 e. The summed E-state index contributed by atoms with van der Waals surface area (Å²) < 4.78 is 44.3. The molecule has 2 fully saturated rings. The lowest BCUT2D eigenvalue weighted by Crippen LogP contribution is -2.52. The first-order chi connectivity index (χ1) is 17.8. The predicted octanol–water partition coefficient (Wildman–Crippen LogP) is 3.86. The van der Waals surface area contributed by atoms with E-state index in [1.165, 1.54) is 12.1 Å². The molecule has 1 atom stereocenters. The van der Waals surface area contributed by atoms with Crippen molar-refractivity contribution in [1.82, 2.24) is 15.1 Å². The number of benzene rings is 2. The molecule has 0 spiro atoms. The van der Waals surface area contributed by atoms with Crippen LogP contribution in [0, 0.1) is 5.92 Å². The lowest BCUT2D eigenvalue weighted by molar-refractivity contribution is -0.137. The molecule has 2 aliphatic rings. The lowest BCUT2D eigenvalue weighted by atomic mass is 9.98. The molecule has 3 heterocycles. The van der Waals surface area contributed by atoms with Gasteiger partial charge in [0.1, 0.15) is 11.9 Å². The Balaban J connectivity index is 1.09. The second-order valence-electron chi connectivity index (χ2n) is 9.07. The van der Waals surface area contributed by atoms with Gasteiger partial charge in [-0.25, -0.2) is 0 Å². The summed E-state index contributed by atoms with van der Waals surface area (Å²) in [6, 6.07) is 13.1. The molecule has 2 amide bonds. The van der Waals surface area contributed by atoms with Crippen LogP contribution in [-0.2, 0) is 11.0 Å². The largest absolute Gasteiger partial charge is 0.489 e. The van der Waals surface area contributed by atoms with Gasteiger partial charge in [0.2, 0.25) is 5.91 Å². The number of anilines is 2. The fraction of sp³-hybridized carbons (Fsp3) is 0.308. The van der Waals surface area contributed by atoms with Gasteiger partial charge in [-0.2, -0.15) is 23.4 Å². The van der Waals surface area contributed by atoms with Crippen LogP contribution in [0.15, 0.2) is 67.0 Å². The van der Waals surface area contributed by atoms with Crippen molar-refractivity contribution in [2.75, 3.05) is 36.4 Å². The highest BCUT2D eigenvalue weighted by Crippen LogP contribution is 2.30. The number of hydrogen-bond acceptors (Lipinski definition) is 6. The van der Waals surface area contributed by atoms with Crippen LogP contribution >= 0.6 is 0 Å². The van der Waals surface area contributed by atoms with Crippen LogP contribution in [0.5, 0.6) is 5.75 Å². The van der Waals surface area contributed by atoms with Crippen LogP contribution in [0.1, 0.15) is 22.3 Å². The molecule has 3 aromatic rings. The summed E-state index contributed by atoms with van der Waals surface area (Å²) in [6.45, 7) is 2.01. The molecule has 1 N–H and O–H groups in total. The molecule has 0 bridgehead atoms. The van der Waals surface area contributed by atoms with Crippen molar-refractivity contribution in [1.29, 1.82) is 0 Å². The molecular weight excluding hydrogens is 487 g/mol. The summed E-state index contributed by atoms with van der Waals surface area (Å²) in [4.78, 5) is 28.8. The zero-order chi connectivity index (χ0) is 26.0. The van der Waals surface area contributed by atoms with Gasteiger partial charge in [-0.15, -0.1) is 0 Å². The summed E-state index contributed by atoms with van der Waals surface area (Å²) in [5, 5.41) is 10.5. The maximum absolute atomic E-state index is 12.8. The zero-order valence-corrected chi connectivity index (χ0v) is 19.7. The van der Waals surface area contributed by atoms with Crippen molar-refractivity contribution in [3.05, 3.63) is 78.1 Å². The van der Waals surface area contributed by atoms with E-state index in [-0.39, 0.29) is 29.4 Å². The molecule has 37 heavy (non-hydrogen) atoms. The molecular formula is C26H24F3N5O3. The molecule has 0 saturated carbocycles. The average molecular weight is 512 g/mol. The van der Waals surface area contributed by atoms with Gasteiger partial charge < -0.3 is 19.9 Å². The number of carbonyl (C=O) groups is 2. The Morgan fingerprint density at radius 1 is 0.946 bits per heavy atom. The molecule has 11 heteroatoms. The van der Waals surface area contributed by atoms with Gasteiger partial charge in [-0.05, 0) is 54.6 Å². The second-order valence-corrected chi connectivity index (χ2v) is 9.07. The number of ether oxygens (including phenoxy) is 1. The number of likely N-dealkylation sites (tertiary alicyclic amines) is 1. The number of halogens is 3. The minimum atomic E-state index is -4.44. The molecule has 1 aromatic heterocycles. The van der Waals surface area contributed by atoms with E-state index in [2.05, 4.69) is 20.4 Å². The maximum atomic E-state index is 12.8. The van der Waals surface area contributed by atoms with Crippen molar-refractivity contribution in [2.45, 2.75) is 18.7 Å². The highest BCUT2D eigenvalue weighted by molar-refractivity contribution is 5.95. The van der Waals surface area contributed by atoms with E-state index in [4.69, 9.17) is 4.74 Å². The fourth-order valence-corrected chi connectivity index (χ4v) is 4.37. The van der Waals surface area contributed by atoms with E-state index < -0.39 is 11.7 Å². The monoisotopic (exact) mass is 511 g/mol. The first-order valence-electron chi connectivity index (χ1n) is 11.8. The van der Waals surface area contributed by atoms with Crippen LogP contribution in [0.2, 0.25) is 0 Å². The van der Waals surface area contributed by atoms with Crippen LogP contribution in [0.25, 0.3) is 0 Å². The van der Waals surface area contributed by atoms with Crippen LogP contribution in [0.3, 0.4) is 0 Å². The first kappa shape index (κ1) is 24.5. The van der Waals surface area contributed by atoms with E-state index in [0.717, 1.165) is 17.8 Å². The van der Waals surface area contributed by atoms with Gasteiger partial charge in [0.05, 0.1) is 36.1 Å². The molecule has 2 saturated heterocycles. The Morgan fingerprint density at radius 2 is 1.68 bits per heavy atom. The van der Waals surface area contributed by atoms with Crippen LogP contribution in [0.4, 0.5) is 24.5 Å². The highest BCUT2D eigenvalue weighted by Gasteiger charge is 2.34.